The zero-order chi connectivity index (χ0) is 13.0. The zero-order valence-electron chi connectivity index (χ0n) is 12.1. The van der Waals surface area contributed by atoms with E-state index in [4.69, 9.17) is 4.74 Å². The number of thioether (sulfide) groups is 1. The van der Waals surface area contributed by atoms with Crippen molar-refractivity contribution >= 4 is 11.8 Å². The van der Waals surface area contributed by atoms with Crippen molar-refractivity contribution in [3.63, 3.8) is 0 Å². The van der Waals surface area contributed by atoms with E-state index in [0.29, 0.717) is 12.1 Å². The molecule has 2 atom stereocenters. The number of ether oxygens (including phenoxy) is 1. The van der Waals surface area contributed by atoms with Crippen molar-refractivity contribution in [2.45, 2.75) is 50.3 Å². The molecule has 4 heteroatoms. The summed E-state index contributed by atoms with van der Waals surface area (Å²) in [5.74, 6) is 2.56. The summed E-state index contributed by atoms with van der Waals surface area (Å²) >= 11 is 2.08. The molecule has 2 heterocycles. The van der Waals surface area contributed by atoms with Crippen molar-refractivity contribution in [2.24, 2.45) is 0 Å². The molecule has 1 N–H and O–H groups in total. The molecule has 106 valence electrons. The summed E-state index contributed by atoms with van der Waals surface area (Å²) in [7, 11) is 4.28. The molecule has 2 saturated heterocycles. The molecule has 2 aliphatic rings. The van der Waals surface area contributed by atoms with Gasteiger partial charge in [0.05, 0.1) is 5.60 Å². The molecular weight excluding hydrogens is 244 g/mol. The summed E-state index contributed by atoms with van der Waals surface area (Å²) in [5, 5.41) is 3.79. The fraction of sp³-hybridized carbons (Fsp3) is 1.00. The van der Waals surface area contributed by atoms with E-state index in [2.05, 4.69) is 43.0 Å². The Morgan fingerprint density at radius 1 is 1.39 bits per heavy atom. The standard InChI is InChI=1S/C14H28N2OS/c1-12(11-16(2)3)15-13-4-7-17-14(10-13)5-8-18-9-6-14/h12-13,15H,4-11H2,1-3H3. The minimum atomic E-state index is 0.207. The molecule has 18 heavy (non-hydrogen) atoms. The molecule has 2 rings (SSSR count). The van der Waals surface area contributed by atoms with Gasteiger partial charge in [0.2, 0.25) is 0 Å². The number of nitrogens with one attached hydrogen (secondary N) is 1. The van der Waals surface area contributed by atoms with Crippen LogP contribution >= 0.6 is 11.8 Å². The molecule has 0 bridgehead atoms. The normalized spacial score (nSPS) is 29.7. The molecule has 0 amide bonds. The Morgan fingerprint density at radius 3 is 2.78 bits per heavy atom. The van der Waals surface area contributed by atoms with E-state index in [0.717, 1.165) is 13.2 Å². The fourth-order valence-corrected chi connectivity index (χ4v) is 4.50. The van der Waals surface area contributed by atoms with Crippen LogP contribution in [-0.2, 0) is 4.74 Å². The zero-order valence-corrected chi connectivity index (χ0v) is 12.9. The first-order valence-corrected chi connectivity index (χ1v) is 8.38. The molecule has 0 aromatic rings. The number of likely N-dealkylation sites (N-methyl/N-ethyl adjacent to an activating group) is 1. The Balaban J connectivity index is 1.82. The van der Waals surface area contributed by atoms with Crippen LogP contribution in [-0.4, -0.2) is 61.3 Å². The molecule has 0 aromatic heterocycles. The van der Waals surface area contributed by atoms with Gasteiger partial charge in [0.25, 0.3) is 0 Å². The van der Waals surface area contributed by atoms with E-state index < -0.39 is 0 Å². The van der Waals surface area contributed by atoms with E-state index in [1.54, 1.807) is 0 Å². The average molecular weight is 272 g/mol. The van der Waals surface area contributed by atoms with Gasteiger partial charge in [-0.05, 0) is 58.2 Å². The number of hydrogen-bond acceptors (Lipinski definition) is 4. The molecule has 3 nitrogen and oxygen atoms in total. The average Bonchev–Trinajstić information content (AvgIpc) is 2.28. The Morgan fingerprint density at radius 2 is 2.11 bits per heavy atom. The lowest BCUT2D eigenvalue weighted by molar-refractivity contribution is -0.0941. The van der Waals surface area contributed by atoms with Crippen molar-refractivity contribution < 1.29 is 4.74 Å². The highest BCUT2D eigenvalue weighted by atomic mass is 32.2. The number of nitrogens with zero attached hydrogens (tertiary/aromatic N) is 1. The maximum Gasteiger partial charge on any atom is 0.0713 e. The fourth-order valence-electron chi connectivity index (χ4n) is 3.26. The van der Waals surface area contributed by atoms with Gasteiger partial charge in [-0.15, -0.1) is 0 Å². The molecule has 0 aromatic carbocycles. The second-order valence-electron chi connectivity index (χ2n) is 6.16. The molecule has 1 spiro atoms. The number of rotatable bonds is 4. The minimum Gasteiger partial charge on any atom is -0.375 e. The maximum absolute atomic E-state index is 6.14. The van der Waals surface area contributed by atoms with E-state index in [1.807, 2.05) is 0 Å². The molecule has 2 unspecified atom stereocenters. The SMILES string of the molecule is CC(CN(C)C)NC1CCOC2(CCSCC2)C1. The lowest BCUT2D eigenvalue weighted by Gasteiger charge is -2.44. The highest BCUT2D eigenvalue weighted by Crippen LogP contribution is 2.37. The van der Waals surface area contributed by atoms with Crippen LogP contribution in [0.4, 0.5) is 0 Å². The Kier molecular flexibility index (Phi) is 5.36. The van der Waals surface area contributed by atoms with Crippen LogP contribution in [0.5, 0.6) is 0 Å². The predicted octanol–water partition coefficient (Wildman–Crippen LogP) is 1.97. The molecule has 0 aliphatic carbocycles. The second kappa shape index (κ2) is 6.60. The van der Waals surface area contributed by atoms with Gasteiger partial charge in [0.1, 0.15) is 0 Å². The minimum absolute atomic E-state index is 0.207. The van der Waals surface area contributed by atoms with E-state index in [1.165, 1.54) is 37.2 Å². The highest BCUT2D eigenvalue weighted by molar-refractivity contribution is 7.99. The highest BCUT2D eigenvalue weighted by Gasteiger charge is 2.38. The third-order valence-corrected chi connectivity index (χ3v) is 5.04. The van der Waals surface area contributed by atoms with Gasteiger partial charge < -0.3 is 15.0 Å². The van der Waals surface area contributed by atoms with Gasteiger partial charge in [-0.25, -0.2) is 0 Å². The van der Waals surface area contributed by atoms with Crippen LogP contribution in [0.2, 0.25) is 0 Å². The second-order valence-corrected chi connectivity index (χ2v) is 7.39. The summed E-state index contributed by atoms with van der Waals surface area (Å²) in [6.07, 6.45) is 4.88. The monoisotopic (exact) mass is 272 g/mol. The first-order valence-electron chi connectivity index (χ1n) is 7.22. The van der Waals surface area contributed by atoms with E-state index >= 15 is 0 Å². The van der Waals surface area contributed by atoms with Crippen LogP contribution in [0.1, 0.15) is 32.6 Å². The Bertz CT molecular complexity index is 249. The summed E-state index contributed by atoms with van der Waals surface area (Å²) in [6, 6.07) is 1.22. The van der Waals surface area contributed by atoms with Crippen molar-refractivity contribution in [3.05, 3.63) is 0 Å². The molecule has 2 fully saturated rings. The van der Waals surface area contributed by atoms with Gasteiger partial charge in [0, 0.05) is 25.2 Å². The Hall–Kier alpha value is 0.230. The van der Waals surface area contributed by atoms with Crippen molar-refractivity contribution in [1.82, 2.24) is 10.2 Å². The smallest absolute Gasteiger partial charge is 0.0713 e. The quantitative estimate of drug-likeness (QED) is 0.846. The van der Waals surface area contributed by atoms with Crippen molar-refractivity contribution in [1.29, 1.82) is 0 Å². The Labute approximate surface area is 116 Å². The summed E-state index contributed by atoms with van der Waals surface area (Å²) < 4.78 is 6.14. The van der Waals surface area contributed by atoms with Gasteiger partial charge in [-0.3, -0.25) is 0 Å². The lowest BCUT2D eigenvalue weighted by Crippen LogP contribution is -2.52. The van der Waals surface area contributed by atoms with Gasteiger partial charge in [-0.1, -0.05) is 0 Å². The van der Waals surface area contributed by atoms with Crippen molar-refractivity contribution in [3.8, 4) is 0 Å². The van der Waals surface area contributed by atoms with Crippen LogP contribution < -0.4 is 5.32 Å². The van der Waals surface area contributed by atoms with Crippen LogP contribution in [0.25, 0.3) is 0 Å². The summed E-state index contributed by atoms with van der Waals surface area (Å²) in [6.45, 7) is 4.34. The molecular formula is C14H28N2OS. The summed E-state index contributed by atoms with van der Waals surface area (Å²) in [4.78, 5) is 2.25. The van der Waals surface area contributed by atoms with Gasteiger partial charge in [-0.2, -0.15) is 11.8 Å². The third kappa shape index (κ3) is 4.12. The van der Waals surface area contributed by atoms with Crippen LogP contribution in [0.3, 0.4) is 0 Å². The molecule has 0 saturated carbocycles. The largest absolute Gasteiger partial charge is 0.375 e. The topological polar surface area (TPSA) is 24.5 Å². The van der Waals surface area contributed by atoms with E-state index in [9.17, 15) is 0 Å². The lowest BCUT2D eigenvalue weighted by atomic mass is 9.85. The third-order valence-electron chi connectivity index (χ3n) is 4.06. The van der Waals surface area contributed by atoms with E-state index in [-0.39, 0.29) is 5.60 Å². The first-order chi connectivity index (χ1) is 8.60. The van der Waals surface area contributed by atoms with Gasteiger partial charge in [0.15, 0.2) is 0 Å². The van der Waals surface area contributed by atoms with Crippen LogP contribution in [0.15, 0.2) is 0 Å². The molecule has 2 aliphatic heterocycles. The van der Waals surface area contributed by atoms with Crippen molar-refractivity contribution in [2.75, 3.05) is 38.8 Å². The first kappa shape index (κ1) is 14.6. The van der Waals surface area contributed by atoms with Crippen LogP contribution in [0, 0.1) is 0 Å². The molecule has 0 radical (unpaired) electrons. The maximum atomic E-state index is 6.14. The number of hydrogen-bond donors (Lipinski definition) is 1. The predicted molar refractivity (Wildman–Crippen MR) is 79.4 cm³/mol. The van der Waals surface area contributed by atoms with Gasteiger partial charge >= 0.3 is 0 Å². The summed E-state index contributed by atoms with van der Waals surface area (Å²) in [5.41, 5.74) is 0.207.